The summed E-state index contributed by atoms with van der Waals surface area (Å²) >= 11 is 0. The van der Waals surface area contributed by atoms with E-state index in [1.165, 1.54) is 32.1 Å². The van der Waals surface area contributed by atoms with Gasteiger partial charge in [0.25, 0.3) is 0 Å². The predicted octanol–water partition coefficient (Wildman–Crippen LogP) is 2.65. The molecule has 116 valence electrons. The average molecular weight is 292 g/mol. The van der Waals surface area contributed by atoms with Gasteiger partial charge in [-0.15, -0.1) is 0 Å². The van der Waals surface area contributed by atoms with Crippen molar-refractivity contribution >= 4 is 10.0 Å². The van der Waals surface area contributed by atoms with E-state index in [9.17, 15) is 8.42 Å². The number of unbranched alkanes of at least 4 members (excludes halogenated alkanes) is 6. The van der Waals surface area contributed by atoms with E-state index in [1.807, 2.05) is 0 Å². The molecule has 0 amide bonds. The molecule has 0 aliphatic carbocycles. The third kappa shape index (κ3) is 14.1. The summed E-state index contributed by atoms with van der Waals surface area (Å²) in [5.74, 6) is 0.178. The summed E-state index contributed by atoms with van der Waals surface area (Å²) in [5, 5.41) is 3.42. The average Bonchev–Trinajstić information content (AvgIpc) is 2.35. The summed E-state index contributed by atoms with van der Waals surface area (Å²) in [6, 6.07) is 0.590. The van der Waals surface area contributed by atoms with E-state index < -0.39 is 10.0 Å². The molecule has 0 saturated carbocycles. The van der Waals surface area contributed by atoms with Crippen LogP contribution >= 0.6 is 0 Å². The zero-order valence-electron chi connectivity index (χ0n) is 12.9. The van der Waals surface area contributed by atoms with Gasteiger partial charge in [-0.2, -0.15) is 0 Å². The normalized spacial score (nSPS) is 12.2. The maximum absolute atomic E-state index is 11.2. The summed E-state index contributed by atoms with van der Waals surface area (Å²) < 4.78 is 24.9. The zero-order valence-corrected chi connectivity index (χ0v) is 13.7. The van der Waals surface area contributed by atoms with Gasteiger partial charge in [0.05, 0.1) is 5.75 Å². The van der Waals surface area contributed by atoms with E-state index >= 15 is 0 Å². The lowest BCUT2D eigenvalue weighted by Crippen LogP contribution is -2.26. The lowest BCUT2D eigenvalue weighted by atomic mass is 10.1. The van der Waals surface area contributed by atoms with E-state index in [0.29, 0.717) is 12.6 Å². The summed E-state index contributed by atoms with van der Waals surface area (Å²) in [5.41, 5.74) is 0. The Morgan fingerprint density at radius 1 is 0.842 bits per heavy atom. The van der Waals surface area contributed by atoms with Gasteiger partial charge in [0.15, 0.2) is 0 Å². The Kier molecular flexibility index (Phi) is 11.6. The van der Waals surface area contributed by atoms with Crippen LogP contribution < -0.4 is 10.0 Å². The highest BCUT2D eigenvalue weighted by Gasteiger charge is 2.03. The van der Waals surface area contributed by atoms with Gasteiger partial charge in [-0.3, -0.25) is 0 Å². The maximum Gasteiger partial charge on any atom is 0.211 e. The molecule has 0 unspecified atom stereocenters. The topological polar surface area (TPSA) is 58.2 Å². The fraction of sp³-hybridized carbons (Fsp3) is 1.00. The van der Waals surface area contributed by atoms with Crippen molar-refractivity contribution in [2.75, 3.05) is 18.8 Å². The number of rotatable bonds is 13. The Balaban J connectivity index is 3.15. The first kappa shape index (κ1) is 18.9. The molecule has 2 N–H and O–H groups in total. The van der Waals surface area contributed by atoms with E-state index in [2.05, 4.69) is 23.9 Å². The summed E-state index contributed by atoms with van der Waals surface area (Å²) in [6.45, 7) is 7.72. The molecule has 0 atom stereocenters. The fourth-order valence-corrected chi connectivity index (χ4v) is 2.51. The largest absolute Gasteiger partial charge is 0.315 e. The van der Waals surface area contributed by atoms with Gasteiger partial charge in [-0.05, 0) is 26.3 Å². The minimum absolute atomic E-state index is 0.178. The minimum atomic E-state index is -2.99. The number of sulfonamides is 1. The molecule has 19 heavy (non-hydrogen) atoms. The van der Waals surface area contributed by atoms with Gasteiger partial charge in [0.1, 0.15) is 0 Å². The van der Waals surface area contributed by atoms with Gasteiger partial charge in [-0.25, -0.2) is 13.1 Å². The highest BCUT2D eigenvalue weighted by molar-refractivity contribution is 7.89. The Morgan fingerprint density at radius 2 is 1.32 bits per heavy atom. The van der Waals surface area contributed by atoms with Crippen LogP contribution in [0.5, 0.6) is 0 Å². The first-order chi connectivity index (χ1) is 8.98. The van der Waals surface area contributed by atoms with Crippen molar-refractivity contribution in [1.29, 1.82) is 0 Å². The van der Waals surface area contributed by atoms with Crippen LogP contribution in [0, 0.1) is 0 Å². The fourth-order valence-electron chi connectivity index (χ4n) is 1.85. The van der Waals surface area contributed by atoms with Crippen molar-refractivity contribution in [2.24, 2.45) is 0 Å². The van der Waals surface area contributed by atoms with Crippen LogP contribution in [0.2, 0.25) is 0 Å². The summed E-state index contributed by atoms with van der Waals surface area (Å²) in [6.07, 6.45) is 8.40. The number of hydrogen-bond acceptors (Lipinski definition) is 3. The first-order valence-corrected chi connectivity index (χ1v) is 9.34. The molecular formula is C14H32N2O2S. The van der Waals surface area contributed by atoms with E-state index in [4.69, 9.17) is 0 Å². The highest BCUT2D eigenvalue weighted by atomic mass is 32.2. The van der Waals surface area contributed by atoms with Crippen LogP contribution in [0.3, 0.4) is 0 Å². The van der Waals surface area contributed by atoms with Crippen molar-refractivity contribution in [2.45, 2.75) is 71.8 Å². The third-order valence-electron chi connectivity index (χ3n) is 3.11. The monoisotopic (exact) mass is 292 g/mol. The van der Waals surface area contributed by atoms with Crippen LogP contribution in [0.1, 0.15) is 65.7 Å². The molecule has 0 fully saturated rings. The lowest BCUT2D eigenvalue weighted by Gasteiger charge is -2.07. The number of hydrogen-bond donors (Lipinski definition) is 2. The standard InChI is InChI=1S/C14H32N2O2S/c1-4-19(17,18)16-13-11-9-7-5-6-8-10-12-15-14(2)3/h14-16H,4-13H2,1-3H3. The Labute approximate surface area is 119 Å². The molecule has 0 saturated heterocycles. The SMILES string of the molecule is CCS(=O)(=O)NCCCCCCCCCNC(C)C. The molecule has 0 aromatic heterocycles. The molecule has 0 aliphatic rings. The number of nitrogens with one attached hydrogen (secondary N) is 2. The quantitative estimate of drug-likeness (QED) is 0.513. The van der Waals surface area contributed by atoms with Crippen LogP contribution in [0.4, 0.5) is 0 Å². The second-order valence-electron chi connectivity index (χ2n) is 5.38. The molecule has 0 heterocycles. The molecule has 4 nitrogen and oxygen atoms in total. The van der Waals surface area contributed by atoms with Crippen LogP contribution in [0.25, 0.3) is 0 Å². The first-order valence-electron chi connectivity index (χ1n) is 7.68. The Morgan fingerprint density at radius 3 is 1.79 bits per heavy atom. The molecule has 0 aromatic carbocycles. The van der Waals surface area contributed by atoms with Gasteiger partial charge < -0.3 is 5.32 Å². The Hall–Kier alpha value is -0.130. The molecular weight excluding hydrogens is 260 g/mol. The second-order valence-corrected chi connectivity index (χ2v) is 7.48. The Bertz CT molecular complexity index is 290. The summed E-state index contributed by atoms with van der Waals surface area (Å²) in [4.78, 5) is 0. The van der Waals surface area contributed by atoms with Crippen LogP contribution in [-0.4, -0.2) is 33.3 Å². The zero-order chi connectivity index (χ0) is 14.6. The third-order valence-corrected chi connectivity index (χ3v) is 4.51. The molecule has 0 spiro atoms. The van der Waals surface area contributed by atoms with Crippen molar-refractivity contribution in [1.82, 2.24) is 10.0 Å². The minimum Gasteiger partial charge on any atom is -0.315 e. The van der Waals surface area contributed by atoms with Gasteiger partial charge in [0, 0.05) is 12.6 Å². The maximum atomic E-state index is 11.2. The van der Waals surface area contributed by atoms with Crippen molar-refractivity contribution < 1.29 is 8.42 Å². The van der Waals surface area contributed by atoms with Crippen LogP contribution in [-0.2, 0) is 10.0 Å². The van der Waals surface area contributed by atoms with Crippen molar-refractivity contribution in [3.8, 4) is 0 Å². The lowest BCUT2D eigenvalue weighted by molar-refractivity contribution is 0.528. The van der Waals surface area contributed by atoms with Crippen LogP contribution in [0.15, 0.2) is 0 Å². The van der Waals surface area contributed by atoms with E-state index in [1.54, 1.807) is 6.92 Å². The molecule has 0 radical (unpaired) electrons. The highest BCUT2D eigenvalue weighted by Crippen LogP contribution is 2.06. The van der Waals surface area contributed by atoms with Crippen molar-refractivity contribution in [3.05, 3.63) is 0 Å². The van der Waals surface area contributed by atoms with Crippen molar-refractivity contribution in [3.63, 3.8) is 0 Å². The second kappa shape index (κ2) is 11.7. The predicted molar refractivity (Wildman–Crippen MR) is 82.9 cm³/mol. The smallest absolute Gasteiger partial charge is 0.211 e. The molecule has 0 aliphatic heterocycles. The molecule has 5 heteroatoms. The van der Waals surface area contributed by atoms with Gasteiger partial charge >= 0.3 is 0 Å². The molecule has 0 bridgehead atoms. The molecule has 0 rings (SSSR count). The summed E-state index contributed by atoms with van der Waals surface area (Å²) in [7, 11) is -2.99. The van der Waals surface area contributed by atoms with E-state index in [0.717, 1.165) is 19.4 Å². The van der Waals surface area contributed by atoms with Gasteiger partial charge in [0.2, 0.25) is 10.0 Å². The van der Waals surface area contributed by atoms with E-state index in [-0.39, 0.29) is 5.75 Å². The molecule has 0 aromatic rings. The van der Waals surface area contributed by atoms with Gasteiger partial charge in [-0.1, -0.05) is 46.0 Å².